The van der Waals surface area contributed by atoms with Crippen molar-refractivity contribution in [3.05, 3.63) is 55.6 Å². The highest BCUT2D eigenvalue weighted by atomic mass is 17.2. The summed E-state index contributed by atoms with van der Waals surface area (Å²) in [5.41, 5.74) is 0. The van der Waals surface area contributed by atoms with E-state index in [2.05, 4.69) is 13.2 Å². The Labute approximate surface area is 234 Å². The van der Waals surface area contributed by atoms with Gasteiger partial charge in [-0.3, -0.25) is 4.89 Å². The summed E-state index contributed by atoms with van der Waals surface area (Å²) < 4.78 is 10.9. The second kappa shape index (κ2) is 39.7. The van der Waals surface area contributed by atoms with E-state index in [1.807, 2.05) is 13.0 Å². The minimum atomic E-state index is -1.46. The van der Waals surface area contributed by atoms with Crippen LogP contribution in [0.2, 0.25) is 0 Å². The fraction of sp³-hybridized carbons (Fsp3) is 0.571. The summed E-state index contributed by atoms with van der Waals surface area (Å²) in [4.78, 5) is 32.7. The van der Waals surface area contributed by atoms with Gasteiger partial charge in [-0.2, -0.15) is 0 Å². The van der Waals surface area contributed by atoms with Gasteiger partial charge in [0.05, 0.1) is 0 Å². The molecule has 1 unspecified atom stereocenters. The number of ether oxygens (including phenoxy) is 2. The summed E-state index contributed by atoms with van der Waals surface area (Å²) in [5, 5.41) is 37.8. The first kappa shape index (κ1) is 46.1. The minimum Gasteiger partial charge on any atom is -0.455 e. The minimum absolute atomic E-state index is 0.250. The van der Waals surface area contributed by atoms with E-state index < -0.39 is 17.7 Å². The molecule has 11 heteroatoms. The number of esters is 1. The SMILES string of the molecule is C=CC(=O)OCC(CCCC)(OOC(=O)C=C)Oc1ccccc1.CCO.CCO.CCO.CCO.CCO. The molecule has 0 fully saturated rings. The number of para-hydroxylation sites is 1. The molecule has 39 heavy (non-hydrogen) atoms. The number of rotatable bonds is 11. The molecule has 230 valence electrons. The molecule has 0 bridgehead atoms. The maximum Gasteiger partial charge on any atom is 0.365 e. The van der Waals surface area contributed by atoms with Crippen molar-refractivity contribution in [1.29, 1.82) is 0 Å². The third kappa shape index (κ3) is 39.9. The van der Waals surface area contributed by atoms with Crippen molar-refractivity contribution in [2.45, 2.75) is 66.6 Å². The molecule has 1 rings (SSSR count). The van der Waals surface area contributed by atoms with Crippen molar-refractivity contribution in [2.24, 2.45) is 0 Å². The smallest absolute Gasteiger partial charge is 0.365 e. The van der Waals surface area contributed by atoms with Crippen LogP contribution in [0, 0.1) is 0 Å². The van der Waals surface area contributed by atoms with E-state index in [0.717, 1.165) is 18.6 Å². The number of unbranched alkanes of at least 4 members (excludes halogenated alkanes) is 1. The Morgan fingerprint density at radius 3 is 1.54 bits per heavy atom. The van der Waals surface area contributed by atoms with Crippen molar-refractivity contribution in [3.63, 3.8) is 0 Å². The molecule has 0 heterocycles. The van der Waals surface area contributed by atoms with Crippen molar-refractivity contribution in [1.82, 2.24) is 0 Å². The molecule has 0 aliphatic carbocycles. The quantitative estimate of drug-likeness (QED) is 0.0877. The number of aliphatic hydroxyl groups is 5. The molecule has 0 aromatic heterocycles. The predicted molar refractivity (Wildman–Crippen MR) is 152 cm³/mol. The first-order valence-corrected chi connectivity index (χ1v) is 12.7. The van der Waals surface area contributed by atoms with Gasteiger partial charge in [-0.15, -0.1) is 4.89 Å². The third-order valence-corrected chi connectivity index (χ3v) is 3.00. The lowest BCUT2D eigenvalue weighted by Gasteiger charge is -2.31. The van der Waals surface area contributed by atoms with E-state index in [4.69, 9.17) is 44.8 Å². The summed E-state index contributed by atoms with van der Waals surface area (Å²) >= 11 is 0. The largest absolute Gasteiger partial charge is 0.455 e. The second-order valence-corrected chi connectivity index (χ2v) is 6.51. The van der Waals surface area contributed by atoms with Crippen LogP contribution < -0.4 is 4.74 Å². The van der Waals surface area contributed by atoms with Gasteiger partial charge < -0.3 is 35.0 Å². The lowest BCUT2D eigenvalue weighted by molar-refractivity contribution is -0.390. The zero-order valence-corrected chi connectivity index (χ0v) is 24.5. The van der Waals surface area contributed by atoms with Crippen LogP contribution in [0.1, 0.15) is 60.8 Å². The second-order valence-electron chi connectivity index (χ2n) is 6.51. The molecule has 0 radical (unpaired) electrons. The van der Waals surface area contributed by atoms with E-state index in [1.54, 1.807) is 58.9 Å². The van der Waals surface area contributed by atoms with Gasteiger partial charge in [0.2, 0.25) is 0 Å². The molecule has 0 aliphatic heterocycles. The van der Waals surface area contributed by atoms with E-state index in [0.29, 0.717) is 18.6 Å². The van der Waals surface area contributed by atoms with Crippen molar-refractivity contribution >= 4 is 11.9 Å². The molecule has 0 aliphatic rings. The molecule has 11 nitrogen and oxygen atoms in total. The zero-order chi connectivity index (χ0) is 31.4. The molecule has 0 saturated heterocycles. The van der Waals surface area contributed by atoms with Crippen LogP contribution in [0.3, 0.4) is 0 Å². The summed E-state index contributed by atoms with van der Waals surface area (Å²) in [6.45, 7) is 18.0. The number of aliphatic hydroxyl groups excluding tert-OH is 5. The summed E-state index contributed by atoms with van der Waals surface area (Å²) in [6.07, 6.45) is 3.87. The fourth-order valence-corrected chi connectivity index (χ4v) is 1.78. The van der Waals surface area contributed by atoms with Gasteiger partial charge in [0.25, 0.3) is 5.79 Å². The Kier molecular flexibility index (Phi) is 46.9. The number of hydrogen-bond acceptors (Lipinski definition) is 11. The van der Waals surface area contributed by atoms with Gasteiger partial charge in [-0.25, -0.2) is 9.59 Å². The first-order chi connectivity index (χ1) is 18.6. The molecule has 0 saturated carbocycles. The summed E-state index contributed by atoms with van der Waals surface area (Å²) in [7, 11) is 0. The normalized spacial score (nSPS) is 10.0. The highest BCUT2D eigenvalue weighted by Gasteiger charge is 2.38. The van der Waals surface area contributed by atoms with Gasteiger partial charge in [-0.1, -0.05) is 44.7 Å². The Bertz CT molecular complexity index is 602. The van der Waals surface area contributed by atoms with Gasteiger partial charge in [0.1, 0.15) is 5.75 Å². The first-order valence-electron chi connectivity index (χ1n) is 12.7. The Morgan fingerprint density at radius 2 is 1.18 bits per heavy atom. The van der Waals surface area contributed by atoms with E-state index in [1.165, 1.54) is 0 Å². The average Bonchev–Trinajstić information content (AvgIpc) is 2.92. The van der Waals surface area contributed by atoms with Gasteiger partial charge >= 0.3 is 11.9 Å². The van der Waals surface area contributed by atoms with Crippen LogP contribution in [-0.2, 0) is 24.1 Å². The number of hydrogen-bond donors (Lipinski definition) is 5. The molecule has 5 N–H and O–H groups in total. The third-order valence-electron chi connectivity index (χ3n) is 3.00. The van der Waals surface area contributed by atoms with E-state index in [-0.39, 0.29) is 39.6 Å². The monoisotopic (exact) mass is 564 g/mol. The summed E-state index contributed by atoms with van der Waals surface area (Å²) in [5.74, 6) is -2.39. The standard InChI is InChI=1S/C18H22O6.5C2H6O/c1-4-7-13-18(14-21-16(19)5-2,24-23-17(20)6-3)22-15-11-9-8-10-12-15;5*1-2-3/h5-6,8-12H,2-4,7,13-14H2,1H3;5*3H,2H2,1H3. The van der Waals surface area contributed by atoms with Gasteiger partial charge in [-0.05, 0) is 53.2 Å². The highest BCUT2D eigenvalue weighted by molar-refractivity contribution is 5.81. The zero-order valence-electron chi connectivity index (χ0n) is 24.5. The molecular formula is C28H52O11. The van der Waals surface area contributed by atoms with Crippen LogP contribution in [0.25, 0.3) is 0 Å². The lowest BCUT2D eigenvalue weighted by Crippen LogP contribution is -2.45. The van der Waals surface area contributed by atoms with Crippen LogP contribution >= 0.6 is 0 Å². The molecule has 0 amide bonds. The van der Waals surface area contributed by atoms with Crippen LogP contribution in [0.5, 0.6) is 5.75 Å². The Morgan fingerprint density at radius 1 is 0.769 bits per heavy atom. The predicted octanol–water partition coefficient (Wildman–Crippen LogP) is 3.33. The maximum absolute atomic E-state index is 11.4. The fourth-order valence-electron chi connectivity index (χ4n) is 1.78. The van der Waals surface area contributed by atoms with Gasteiger partial charge in [0.15, 0.2) is 6.61 Å². The van der Waals surface area contributed by atoms with E-state index >= 15 is 0 Å². The Hall–Kier alpha value is -2.80. The van der Waals surface area contributed by atoms with Crippen LogP contribution in [-0.4, -0.2) is 82.9 Å². The number of carbonyl (C=O) groups excluding carboxylic acids is 2. The highest BCUT2D eigenvalue weighted by Crippen LogP contribution is 2.26. The maximum atomic E-state index is 11.4. The Balaban J connectivity index is -0.000000213. The van der Waals surface area contributed by atoms with Crippen LogP contribution in [0.15, 0.2) is 55.6 Å². The molecule has 1 aromatic carbocycles. The van der Waals surface area contributed by atoms with Gasteiger partial charge in [0, 0.05) is 51.6 Å². The van der Waals surface area contributed by atoms with Crippen molar-refractivity contribution < 1.29 is 54.4 Å². The molecular weight excluding hydrogens is 512 g/mol. The average molecular weight is 565 g/mol. The van der Waals surface area contributed by atoms with Crippen molar-refractivity contribution in [2.75, 3.05) is 39.6 Å². The topological polar surface area (TPSA) is 172 Å². The van der Waals surface area contributed by atoms with Crippen molar-refractivity contribution in [3.8, 4) is 5.75 Å². The van der Waals surface area contributed by atoms with E-state index in [9.17, 15) is 9.59 Å². The van der Waals surface area contributed by atoms with Crippen LogP contribution in [0.4, 0.5) is 0 Å². The molecule has 1 atom stereocenters. The molecule has 0 spiro atoms. The number of carbonyl (C=O) groups is 2. The summed E-state index contributed by atoms with van der Waals surface area (Å²) in [6, 6.07) is 8.83. The molecule has 1 aromatic rings. The lowest BCUT2D eigenvalue weighted by atomic mass is 10.1. The number of benzene rings is 1.